The van der Waals surface area contributed by atoms with E-state index in [4.69, 9.17) is 0 Å². The largest absolute Gasteiger partial charge is 0.434 e. The van der Waals surface area contributed by atoms with Crippen LogP contribution in [-0.2, 0) is 0 Å². The molecule has 0 saturated carbocycles. The maximum Gasteiger partial charge on any atom is 0.387 e. The molecule has 0 atom stereocenters. The number of rotatable bonds is 3. The lowest BCUT2D eigenvalue weighted by Gasteiger charge is -2.34. The van der Waals surface area contributed by atoms with E-state index in [2.05, 4.69) is 21.6 Å². The van der Waals surface area contributed by atoms with Crippen LogP contribution in [-0.4, -0.2) is 44.7 Å². The van der Waals surface area contributed by atoms with Gasteiger partial charge in [-0.3, -0.25) is 0 Å². The summed E-state index contributed by atoms with van der Waals surface area (Å²) in [5.41, 5.74) is 1.68. The standard InChI is InChI=1S/C13H18F2N2O/c1-10-3-4-11(9-12(10)18-13(14)15)17-7-5-16(2)6-8-17/h3-4,9,13H,5-8H2,1-2H3. The molecule has 0 spiro atoms. The Hall–Kier alpha value is -1.36. The number of benzene rings is 1. The molecule has 1 heterocycles. The first kappa shape index (κ1) is 13.1. The normalized spacial score (nSPS) is 17.3. The van der Waals surface area contributed by atoms with Crippen molar-refractivity contribution in [2.45, 2.75) is 13.5 Å². The van der Waals surface area contributed by atoms with Gasteiger partial charge >= 0.3 is 6.61 Å². The number of likely N-dealkylation sites (N-methyl/N-ethyl adjacent to an activating group) is 1. The van der Waals surface area contributed by atoms with Crippen LogP contribution < -0.4 is 9.64 Å². The fourth-order valence-electron chi connectivity index (χ4n) is 2.07. The second kappa shape index (κ2) is 5.52. The van der Waals surface area contributed by atoms with Gasteiger partial charge in [0.05, 0.1) is 0 Å². The van der Waals surface area contributed by atoms with E-state index in [1.807, 2.05) is 12.1 Å². The van der Waals surface area contributed by atoms with Crippen molar-refractivity contribution in [1.82, 2.24) is 4.90 Å². The minimum absolute atomic E-state index is 0.265. The maximum absolute atomic E-state index is 12.3. The summed E-state index contributed by atoms with van der Waals surface area (Å²) >= 11 is 0. The van der Waals surface area contributed by atoms with Gasteiger partial charge in [0.1, 0.15) is 5.75 Å². The summed E-state index contributed by atoms with van der Waals surface area (Å²) in [6.07, 6.45) is 0. The van der Waals surface area contributed by atoms with Gasteiger partial charge in [0, 0.05) is 37.9 Å². The summed E-state index contributed by atoms with van der Waals surface area (Å²) in [5.74, 6) is 0.265. The molecule has 0 radical (unpaired) electrons. The minimum atomic E-state index is -2.77. The molecule has 0 unspecified atom stereocenters. The number of nitrogens with zero attached hydrogens (tertiary/aromatic N) is 2. The highest BCUT2D eigenvalue weighted by molar-refractivity contribution is 5.54. The fraction of sp³-hybridized carbons (Fsp3) is 0.538. The SMILES string of the molecule is Cc1ccc(N2CCN(C)CC2)cc1OC(F)F. The predicted octanol–water partition coefficient (Wildman–Crippen LogP) is 2.35. The molecule has 0 N–H and O–H groups in total. The zero-order chi connectivity index (χ0) is 13.1. The molecule has 2 rings (SSSR count). The molecule has 100 valence electrons. The third-order valence-corrected chi connectivity index (χ3v) is 3.26. The zero-order valence-electron chi connectivity index (χ0n) is 10.7. The number of ether oxygens (including phenoxy) is 1. The van der Waals surface area contributed by atoms with Crippen molar-refractivity contribution in [3.63, 3.8) is 0 Å². The van der Waals surface area contributed by atoms with Crippen LogP contribution in [0.15, 0.2) is 18.2 Å². The van der Waals surface area contributed by atoms with Crippen LogP contribution in [0, 0.1) is 6.92 Å². The van der Waals surface area contributed by atoms with Crippen molar-refractivity contribution in [2.24, 2.45) is 0 Å². The molecule has 1 fully saturated rings. The summed E-state index contributed by atoms with van der Waals surface area (Å²) < 4.78 is 29.1. The van der Waals surface area contributed by atoms with E-state index in [9.17, 15) is 8.78 Å². The highest BCUT2D eigenvalue weighted by Crippen LogP contribution is 2.27. The molecule has 0 amide bonds. The van der Waals surface area contributed by atoms with E-state index in [1.54, 1.807) is 13.0 Å². The number of piperazine rings is 1. The van der Waals surface area contributed by atoms with E-state index in [1.165, 1.54) is 0 Å². The number of alkyl halides is 2. The second-order valence-corrected chi connectivity index (χ2v) is 4.62. The Labute approximate surface area is 106 Å². The summed E-state index contributed by atoms with van der Waals surface area (Å²) in [6.45, 7) is 2.79. The van der Waals surface area contributed by atoms with Crippen molar-refractivity contribution >= 4 is 5.69 Å². The Morgan fingerprint density at radius 1 is 1.17 bits per heavy atom. The lowest BCUT2D eigenvalue weighted by atomic mass is 10.1. The molecule has 1 saturated heterocycles. The Morgan fingerprint density at radius 2 is 1.83 bits per heavy atom. The number of halogens is 2. The van der Waals surface area contributed by atoms with Crippen LogP contribution in [0.2, 0.25) is 0 Å². The van der Waals surface area contributed by atoms with Crippen LogP contribution in [0.25, 0.3) is 0 Å². The smallest absolute Gasteiger partial charge is 0.387 e. The Kier molecular flexibility index (Phi) is 4.01. The molecule has 1 aliphatic rings. The Balaban J connectivity index is 2.13. The molecule has 0 bridgehead atoms. The molecule has 0 aromatic heterocycles. The van der Waals surface area contributed by atoms with E-state index < -0.39 is 6.61 Å². The van der Waals surface area contributed by atoms with Gasteiger partial charge < -0.3 is 14.5 Å². The van der Waals surface area contributed by atoms with Crippen molar-refractivity contribution in [3.8, 4) is 5.75 Å². The van der Waals surface area contributed by atoms with Crippen LogP contribution in [0.3, 0.4) is 0 Å². The van der Waals surface area contributed by atoms with Gasteiger partial charge in [-0.05, 0) is 25.6 Å². The third-order valence-electron chi connectivity index (χ3n) is 3.26. The van der Waals surface area contributed by atoms with Gasteiger partial charge in [-0.25, -0.2) is 0 Å². The second-order valence-electron chi connectivity index (χ2n) is 4.62. The van der Waals surface area contributed by atoms with Crippen LogP contribution in [0.5, 0.6) is 5.75 Å². The molecule has 1 aromatic rings. The first-order valence-corrected chi connectivity index (χ1v) is 6.05. The number of aryl methyl sites for hydroxylation is 1. The fourth-order valence-corrected chi connectivity index (χ4v) is 2.07. The van der Waals surface area contributed by atoms with Crippen molar-refractivity contribution in [3.05, 3.63) is 23.8 Å². The highest BCUT2D eigenvalue weighted by atomic mass is 19.3. The van der Waals surface area contributed by atoms with Crippen molar-refractivity contribution in [1.29, 1.82) is 0 Å². The van der Waals surface area contributed by atoms with E-state index >= 15 is 0 Å². The summed E-state index contributed by atoms with van der Waals surface area (Å²) in [4.78, 5) is 4.44. The Morgan fingerprint density at radius 3 is 2.44 bits per heavy atom. The lowest BCUT2D eigenvalue weighted by molar-refractivity contribution is -0.0502. The van der Waals surface area contributed by atoms with Crippen LogP contribution in [0.4, 0.5) is 14.5 Å². The van der Waals surface area contributed by atoms with Gasteiger partial charge in [0.15, 0.2) is 0 Å². The lowest BCUT2D eigenvalue weighted by Crippen LogP contribution is -2.44. The first-order chi connectivity index (χ1) is 8.56. The molecule has 3 nitrogen and oxygen atoms in total. The van der Waals surface area contributed by atoms with Gasteiger partial charge in [-0.2, -0.15) is 8.78 Å². The molecular weight excluding hydrogens is 238 g/mol. The number of hydrogen-bond acceptors (Lipinski definition) is 3. The molecule has 5 heteroatoms. The minimum Gasteiger partial charge on any atom is -0.434 e. The summed E-state index contributed by atoms with van der Waals surface area (Å²) in [6, 6.07) is 5.48. The van der Waals surface area contributed by atoms with E-state index in [0.29, 0.717) is 0 Å². The topological polar surface area (TPSA) is 15.7 Å². The quantitative estimate of drug-likeness (QED) is 0.825. The van der Waals surface area contributed by atoms with Crippen molar-refractivity contribution < 1.29 is 13.5 Å². The average Bonchev–Trinajstić information content (AvgIpc) is 2.32. The first-order valence-electron chi connectivity index (χ1n) is 6.05. The highest BCUT2D eigenvalue weighted by Gasteiger charge is 2.16. The van der Waals surface area contributed by atoms with Crippen LogP contribution >= 0.6 is 0 Å². The van der Waals surface area contributed by atoms with E-state index in [0.717, 1.165) is 37.4 Å². The molecule has 1 aromatic carbocycles. The Bertz CT molecular complexity index is 404. The molecule has 0 aliphatic carbocycles. The van der Waals surface area contributed by atoms with Crippen LogP contribution in [0.1, 0.15) is 5.56 Å². The summed E-state index contributed by atoms with van der Waals surface area (Å²) in [5, 5.41) is 0. The number of hydrogen-bond donors (Lipinski definition) is 0. The van der Waals surface area contributed by atoms with Gasteiger partial charge in [0.2, 0.25) is 0 Å². The number of anilines is 1. The molecule has 18 heavy (non-hydrogen) atoms. The van der Waals surface area contributed by atoms with Crippen molar-refractivity contribution in [2.75, 3.05) is 38.1 Å². The van der Waals surface area contributed by atoms with E-state index in [-0.39, 0.29) is 5.75 Å². The molecule has 1 aliphatic heterocycles. The average molecular weight is 256 g/mol. The van der Waals surface area contributed by atoms with Gasteiger partial charge in [-0.15, -0.1) is 0 Å². The molecular formula is C13H18F2N2O. The van der Waals surface area contributed by atoms with Gasteiger partial charge in [0.25, 0.3) is 0 Å². The van der Waals surface area contributed by atoms with Gasteiger partial charge in [-0.1, -0.05) is 6.07 Å². The third kappa shape index (κ3) is 3.10. The monoisotopic (exact) mass is 256 g/mol. The zero-order valence-corrected chi connectivity index (χ0v) is 10.7. The summed E-state index contributed by atoms with van der Waals surface area (Å²) in [7, 11) is 2.08. The predicted molar refractivity (Wildman–Crippen MR) is 67.5 cm³/mol. The maximum atomic E-state index is 12.3.